The first-order valence-corrected chi connectivity index (χ1v) is 14.4. The molecular weight excluding hydrogens is 903 g/mol. The van der Waals surface area contributed by atoms with Crippen LogP contribution in [0.2, 0.25) is 0 Å². The number of hydrogen-bond acceptors (Lipinski definition) is 3. The van der Waals surface area contributed by atoms with Gasteiger partial charge in [0.05, 0.1) is 0 Å². The highest BCUT2D eigenvalue weighted by molar-refractivity contribution is 9.27. The normalized spacial score (nSPS) is 33.4. The first-order valence-electron chi connectivity index (χ1n) is 8.06. The highest BCUT2D eigenvalue weighted by atomic mass is 79.9. The largest absolute Gasteiger partial charge is 0.329 e. The molecule has 0 bridgehead atoms. The molecule has 29 heavy (non-hydrogen) atoms. The monoisotopic (exact) mass is 905 g/mol. The van der Waals surface area contributed by atoms with Gasteiger partial charge >= 0.3 is 0 Å². The van der Waals surface area contributed by atoms with Crippen LogP contribution in [-0.4, -0.2) is 15.9 Å². The smallest absolute Gasteiger partial charge is 0.223 e. The number of rotatable bonds is 6. The fourth-order valence-electron chi connectivity index (χ4n) is 2.93. The molecule has 0 saturated carbocycles. The van der Waals surface area contributed by atoms with Crippen molar-refractivity contribution in [3.8, 4) is 0 Å². The molecule has 0 N–H and O–H groups in total. The molecule has 4 rings (SSSR count). The molecule has 4 unspecified atom stereocenters. The van der Waals surface area contributed by atoms with Crippen molar-refractivity contribution < 1.29 is 14.2 Å². The van der Waals surface area contributed by atoms with E-state index in [1.54, 1.807) is 0 Å². The molecule has 0 spiro atoms. The lowest BCUT2D eigenvalue weighted by atomic mass is 10.0. The molecule has 4 atom stereocenters. The summed E-state index contributed by atoms with van der Waals surface area (Å²) in [6.45, 7) is 0. The number of hydrogen-bond donors (Lipinski definition) is 0. The molecule has 2 aromatic rings. The minimum absolute atomic E-state index is 0.837. The van der Waals surface area contributed by atoms with Crippen LogP contribution in [0.15, 0.2) is 60.7 Å². The molecule has 2 aromatic carbocycles. The van der Waals surface area contributed by atoms with Crippen molar-refractivity contribution in [2.45, 2.75) is 24.9 Å². The Morgan fingerprint density at radius 2 is 0.862 bits per heavy atom. The highest BCUT2D eigenvalue weighted by Gasteiger charge is 2.83. The average molecular weight is 914 g/mol. The van der Waals surface area contributed by atoms with Gasteiger partial charge in [0.25, 0.3) is 0 Å². The molecule has 0 aromatic heterocycles. The van der Waals surface area contributed by atoms with Gasteiger partial charge in [-0.15, -0.1) is 0 Å². The second-order valence-corrected chi connectivity index (χ2v) is 17.5. The molecule has 2 heterocycles. The molecule has 2 fully saturated rings. The van der Waals surface area contributed by atoms with E-state index in [2.05, 4.69) is 127 Å². The zero-order valence-corrected chi connectivity index (χ0v) is 26.7. The van der Waals surface area contributed by atoms with Crippen molar-refractivity contribution in [1.82, 2.24) is 0 Å². The number of alkyl halides is 8. The zero-order chi connectivity index (χ0) is 21.3. The standard InChI is InChI=1S/C18H10Br8O3/c19-13(11-7-3-1-4-8-11,15(21)17(23,24)28-15)27-14(20,12-9-5-2-6-10-12)16(22)18(25,26)29-16/h1-10H. The van der Waals surface area contributed by atoms with E-state index in [0.29, 0.717) is 0 Å². The maximum absolute atomic E-state index is 6.89. The summed E-state index contributed by atoms with van der Waals surface area (Å²) in [5.41, 5.74) is 1.67. The summed E-state index contributed by atoms with van der Waals surface area (Å²) >= 11 is 29.4. The first kappa shape index (κ1) is 24.3. The number of halogens is 8. The second-order valence-electron chi connectivity index (χ2n) is 6.45. The fraction of sp³-hybridized carbons (Fsp3) is 0.333. The third-order valence-electron chi connectivity index (χ3n) is 4.60. The third kappa shape index (κ3) is 3.72. The minimum Gasteiger partial charge on any atom is -0.329 e. The van der Waals surface area contributed by atoms with Crippen LogP contribution >= 0.6 is 127 Å². The number of ether oxygens (including phenoxy) is 3. The summed E-state index contributed by atoms with van der Waals surface area (Å²) in [6.07, 6.45) is 0. The van der Waals surface area contributed by atoms with Crippen molar-refractivity contribution >= 4 is 127 Å². The fourth-order valence-corrected chi connectivity index (χ4v) is 10.0. The summed E-state index contributed by atoms with van der Waals surface area (Å²) in [6, 6.07) is 19.5. The van der Waals surface area contributed by atoms with Crippen molar-refractivity contribution in [2.75, 3.05) is 0 Å². The summed E-state index contributed by atoms with van der Waals surface area (Å²) in [5.74, 6) is 0. The predicted octanol–water partition coefficient (Wildman–Crippen LogP) is 8.63. The lowest BCUT2D eigenvalue weighted by Gasteiger charge is -2.41. The summed E-state index contributed by atoms with van der Waals surface area (Å²) in [7, 11) is 0. The number of epoxide rings is 2. The number of benzene rings is 2. The Morgan fingerprint density at radius 1 is 0.586 bits per heavy atom. The van der Waals surface area contributed by atoms with Gasteiger partial charge in [-0.25, -0.2) is 0 Å². The Hall–Kier alpha value is 2.16. The zero-order valence-electron chi connectivity index (χ0n) is 14.0. The summed E-state index contributed by atoms with van der Waals surface area (Å²) < 4.78 is 12.8. The van der Waals surface area contributed by atoms with Crippen molar-refractivity contribution in [2.24, 2.45) is 0 Å². The van der Waals surface area contributed by atoms with Crippen LogP contribution < -0.4 is 0 Å². The van der Waals surface area contributed by atoms with E-state index in [-0.39, 0.29) is 0 Å². The Bertz CT molecular complexity index is 854. The maximum atomic E-state index is 6.89. The molecule has 11 heteroatoms. The molecule has 3 nitrogen and oxygen atoms in total. The van der Waals surface area contributed by atoms with Crippen LogP contribution in [-0.2, 0) is 23.2 Å². The maximum Gasteiger partial charge on any atom is 0.223 e. The van der Waals surface area contributed by atoms with Crippen LogP contribution in [0.25, 0.3) is 0 Å². The SMILES string of the molecule is BrC1(Br)OC1(Br)C(Br)(OC(Br)(c1ccccc1)C1(Br)OC1(Br)Br)c1ccccc1. The van der Waals surface area contributed by atoms with Gasteiger partial charge in [-0.3, -0.25) is 0 Å². The van der Waals surface area contributed by atoms with Gasteiger partial charge in [0.2, 0.25) is 15.9 Å². The van der Waals surface area contributed by atoms with E-state index in [1.165, 1.54) is 0 Å². The minimum atomic E-state index is -1.16. The van der Waals surface area contributed by atoms with Crippen LogP contribution in [0.5, 0.6) is 0 Å². The molecule has 2 aliphatic heterocycles. The lowest BCUT2D eigenvalue weighted by molar-refractivity contribution is -0.0899. The van der Waals surface area contributed by atoms with E-state index in [0.717, 1.165) is 11.1 Å². The summed E-state index contributed by atoms with van der Waals surface area (Å²) in [4.78, 5) is 0. The molecule has 0 aliphatic carbocycles. The van der Waals surface area contributed by atoms with Gasteiger partial charge in [-0.1, -0.05) is 60.7 Å². The van der Waals surface area contributed by atoms with Gasteiger partial charge < -0.3 is 14.2 Å². The van der Waals surface area contributed by atoms with E-state index in [9.17, 15) is 0 Å². The summed E-state index contributed by atoms with van der Waals surface area (Å²) in [5, 5.41) is 0. The average Bonchev–Trinajstić information content (AvgIpc) is 3.43. The molecule has 2 aliphatic rings. The Balaban J connectivity index is 1.88. The first-order chi connectivity index (χ1) is 13.3. The lowest BCUT2D eigenvalue weighted by Crippen LogP contribution is -2.48. The van der Waals surface area contributed by atoms with Crippen molar-refractivity contribution in [3.05, 3.63) is 71.8 Å². The Kier molecular flexibility index (Phi) is 6.57. The molecule has 2 saturated heterocycles. The van der Waals surface area contributed by atoms with Gasteiger partial charge in [-0.05, 0) is 139 Å². The van der Waals surface area contributed by atoms with Crippen molar-refractivity contribution in [3.63, 3.8) is 0 Å². The molecule has 0 amide bonds. The van der Waals surface area contributed by atoms with Gasteiger partial charge in [0, 0.05) is 0 Å². The van der Waals surface area contributed by atoms with Crippen LogP contribution in [0, 0.1) is 0 Å². The van der Waals surface area contributed by atoms with Crippen molar-refractivity contribution in [1.29, 1.82) is 0 Å². The topological polar surface area (TPSA) is 34.3 Å². The third-order valence-corrected chi connectivity index (χ3v) is 15.6. The van der Waals surface area contributed by atoms with E-state index in [1.807, 2.05) is 60.7 Å². The van der Waals surface area contributed by atoms with Crippen LogP contribution in [0.4, 0.5) is 0 Å². The van der Waals surface area contributed by atoms with Crippen LogP contribution in [0.3, 0.4) is 0 Å². The predicted molar refractivity (Wildman–Crippen MR) is 142 cm³/mol. The van der Waals surface area contributed by atoms with Gasteiger partial charge in [0.15, 0.2) is 9.02 Å². The van der Waals surface area contributed by atoms with E-state index in [4.69, 9.17) is 14.2 Å². The Morgan fingerprint density at radius 3 is 1.10 bits per heavy atom. The van der Waals surface area contributed by atoms with Gasteiger partial charge in [0.1, 0.15) is 0 Å². The molecular formula is C18H10Br8O3. The van der Waals surface area contributed by atoms with E-state index < -0.39 is 24.9 Å². The molecule has 156 valence electrons. The quantitative estimate of drug-likeness (QED) is 0.215. The molecule has 0 radical (unpaired) electrons. The Labute approximate surface area is 235 Å². The van der Waals surface area contributed by atoms with Gasteiger partial charge in [-0.2, -0.15) is 0 Å². The van der Waals surface area contributed by atoms with Crippen LogP contribution in [0.1, 0.15) is 11.1 Å². The van der Waals surface area contributed by atoms with E-state index >= 15 is 0 Å². The highest BCUT2D eigenvalue weighted by Crippen LogP contribution is 2.77. The second kappa shape index (κ2) is 7.85.